The van der Waals surface area contributed by atoms with E-state index >= 15 is 0 Å². The Bertz CT molecular complexity index is 351. The van der Waals surface area contributed by atoms with Crippen LogP contribution >= 0.6 is 15.9 Å². The summed E-state index contributed by atoms with van der Waals surface area (Å²) in [7, 11) is 0. The minimum atomic E-state index is -0.120. The number of hydrogen-bond acceptors (Lipinski definition) is 2. The molecule has 0 atom stereocenters. The van der Waals surface area contributed by atoms with Gasteiger partial charge in [0.05, 0.1) is 5.69 Å². The van der Waals surface area contributed by atoms with E-state index in [1.54, 1.807) is 0 Å². The molecule has 0 radical (unpaired) electrons. The number of hydrogen-bond donors (Lipinski definition) is 1. The first-order valence-electron chi connectivity index (χ1n) is 4.10. The van der Waals surface area contributed by atoms with Crippen LogP contribution in [-0.2, 0) is 10.7 Å². The molecule has 4 heteroatoms. The Kier molecular flexibility index (Phi) is 2.91. The van der Waals surface area contributed by atoms with Gasteiger partial charge in [-0.2, -0.15) is 5.10 Å². The second-order valence-electron chi connectivity index (χ2n) is 3.99. The summed E-state index contributed by atoms with van der Waals surface area (Å²) in [5, 5.41) is 7.05. The van der Waals surface area contributed by atoms with Crippen LogP contribution in [0.15, 0.2) is 10.9 Å². The summed E-state index contributed by atoms with van der Waals surface area (Å²) in [4.78, 5) is 11.2. The second kappa shape index (κ2) is 3.62. The van der Waals surface area contributed by atoms with Crippen molar-refractivity contribution in [3.63, 3.8) is 0 Å². The average Bonchev–Trinajstić information content (AvgIpc) is 2.03. The quantitative estimate of drug-likeness (QED) is 0.769. The average molecular weight is 245 g/mol. The first-order valence-corrected chi connectivity index (χ1v) is 5.22. The molecule has 0 aliphatic rings. The Labute approximate surface area is 85.7 Å². The van der Waals surface area contributed by atoms with Crippen molar-refractivity contribution >= 4 is 15.9 Å². The highest BCUT2D eigenvalue weighted by Gasteiger charge is 2.16. The topological polar surface area (TPSA) is 45.8 Å². The van der Waals surface area contributed by atoms with E-state index in [1.165, 1.54) is 0 Å². The van der Waals surface area contributed by atoms with Crippen molar-refractivity contribution in [2.45, 2.75) is 31.5 Å². The fourth-order valence-corrected chi connectivity index (χ4v) is 1.35. The van der Waals surface area contributed by atoms with Crippen molar-refractivity contribution in [3.8, 4) is 0 Å². The minimum absolute atomic E-state index is 0.0267. The number of aromatic nitrogens is 2. The zero-order chi connectivity index (χ0) is 10.1. The summed E-state index contributed by atoms with van der Waals surface area (Å²) in [6, 6.07) is 1.84. The van der Waals surface area contributed by atoms with Gasteiger partial charge in [0.15, 0.2) is 0 Å². The molecule has 1 rings (SSSR count). The van der Waals surface area contributed by atoms with E-state index in [0.29, 0.717) is 5.33 Å². The first kappa shape index (κ1) is 10.4. The van der Waals surface area contributed by atoms with Gasteiger partial charge in [-0.1, -0.05) is 36.7 Å². The minimum Gasteiger partial charge on any atom is -0.268 e. The van der Waals surface area contributed by atoms with Gasteiger partial charge in [0.1, 0.15) is 0 Å². The van der Waals surface area contributed by atoms with Crippen LogP contribution in [0.3, 0.4) is 0 Å². The molecule has 0 saturated heterocycles. The molecule has 1 aromatic rings. The molecule has 0 aromatic carbocycles. The number of nitrogens with one attached hydrogen (secondary N) is 1. The molecule has 0 aliphatic carbocycles. The summed E-state index contributed by atoms with van der Waals surface area (Å²) >= 11 is 3.26. The van der Waals surface area contributed by atoms with Gasteiger partial charge < -0.3 is 0 Å². The SMILES string of the molecule is CC(C)(C)c1cc(CBr)c(=O)[nH]n1. The van der Waals surface area contributed by atoms with Gasteiger partial charge in [-0.3, -0.25) is 4.79 Å². The highest BCUT2D eigenvalue weighted by atomic mass is 79.9. The number of rotatable bonds is 1. The van der Waals surface area contributed by atoms with E-state index in [0.717, 1.165) is 11.3 Å². The largest absolute Gasteiger partial charge is 0.268 e. The van der Waals surface area contributed by atoms with Crippen LogP contribution in [0.1, 0.15) is 32.0 Å². The number of halogens is 1. The van der Waals surface area contributed by atoms with Crippen LogP contribution < -0.4 is 5.56 Å². The summed E-state index contributed by atoms with van der Waals surface area (Å²) in [5.74, 6) is 0. The van der Waals surface area contributed by atoms with Crippen LogP contribution in [0.5, 0.6) is 0 Å². The molecule has 1 heterocycles. The van der Waals surface area contributed by atoms with Crippen LogP contribution in [0, 0.1) is 0 Å². The van der Waals surface area contributed by atoms with Crippen LogP contribution in [0.25, 0.3) is 0 Å². The van der Waals surface area contributed by atoms with Crippen molar-refractivity contribution in [2.24, 2.45) is 0 Å². The molecule has 0 amide bonds. The van der Waals surface area contributed by atoms with Crippen molar-refractivity contribution in [1.29, 1.82) is 0 Å². The summed E-state index contributed by atoms with van der Waals surface area (Å²) < 4.78 is 0. The van der Waals surface area contributed by atoms with Crippen LogP contribution in [0.2, 0.25) is 0 Å². The number of nitrogens with zero attached hydrogens (tertiary/aromatic N) is 1. The molecule has 72 valence electrons. The second-order valence-corrected chi connectivity index (χ2v) is 4.55. The molecule has 13 heavy (non-hydrogen) atoms. The van der Waals surface area contributed by atoms with Crippen molar-refractivity contribution in [3.05, 3.63) is 27.7 Å². The molecule has 1 aromatic heterocycles. The van der Waals surface area contributed by atoms with Gasteiger partial charge in [0.25, 0.3) is 5.56 Å². The van der Waals surface area contributed by atoms with Crippen molar-refractivity contribution in [2.75, 3.05) is 0 Å². The first-order chi connectivity index (χ1) is 5.95. The smallest absolute Gasteiger partial charge is 0.268 e. The molecular formula is C9H13BrN2O. The van der Waals surface area contributed by atoms with Gasteiger partial charge in [-0.15, -0.1) is 0 Å². The van der Waals surface area contributed by atoms with Gasteiger partial charge >= 0.3 is 0 Å². The lowest BCUT2D eigenvalue weighted by Gasteiger charge is -2.16. The molecule has 0 spiro atoms. The number of H-pyrrole nitrogens is 1. The summed E-state index contributed by atoms with van der Waals surface area (Å²) in [6.45, 7) is 6.18. The van der Waals surface area contributed by atoms with Crippen molar-refractivity contribution < 1.29 is 0 Å². The maximum atomic E-state index is 11.2. The third-order valence-corrected chi connectivity index (χ3v) is 2.40. The van der Waals surface area contributed by atoms with E-state index in [2.05, 4.69) is 46.9 Å². The molecule has 0 aliphatic heterocycles. The lowest BCUT2D eigenvalue weighted by Crippen LogP contribution is -2.21. The molecule has 0 saturated carbocycles. The Morgan fingerprint density at radius 3 is 2.62 bits per heavy atom. The molecule has 1 N–H and O–H groups in total. The zero-order valence-corrected chi connectivity index (χ0v) is 9.60. The molecule has 0 fully saturated rings. The fraction of sp³-hybridized carbons (Fsp3) is 0.556. The molecule has 3 nitrogen and oxygen atoms in total. The Hall–Kier alpha value is -0.640. The van der Waals surface area contributed by atoms with Crippen LogP contribution in [0.4, 0.5) is 0 Å². The zero-order valence-electron chi connectivity index (χ0n) is 8.02. The summed E-state index contributed by atoms with van der Waals surface area (Å²) in [6.07, 6.45) is 0. The number of aromatic amines is 1. The van der Waals surface area contributed by atoms with Crippen LogP contribution in [-0.4, -0.2) is 10.2 Å². The third kappa shape index (κ3) is 2.40. The fourth-order valence-electron chi connectivity index (χ4n) is 0.929. The lowest BCUT2D eigenvalue weighted by atomic mass is 9.91. The van der Waals surface area contributed by atoms with Gasteiger partial charge in [0, 0.05) is 16.3 Å². The number of alkyl halides is 1. The molecular weight excluding hydrogens is 232 g/mol. The summed E-state index contributed by atoms with van der Waals surface area (Å²) in [5.41, 5.74) is 1.48. The van der Waals surface area contributed by atoms with E-state index in [9.17, 15) is 4.79 Å². The standard InChI is InChI=1S/C9H13BrN2O/c1-9(2,3)7-4-6(5-10)8(13)12-11-7/h4H,5H2,1-3H3,(H,12,13). The highest BCUT2D eigenvalue weighted by Crippen LogP contribution is 2.19. The van der Waals surface area contributed by atoms with Crippen molar-refractivity contribution in [1.82, 2.24) is 10.2 Å². The lowest BCUT2D eigenvalue weighted by molar-refractivity contribution is 0.555. The molecule has 0 unspecified atom stereocenters. The predicted molar refractivity (Wildman–Crippen MR) is 56.2 cm³/mol. The van der Waals surface area contributed by atoms with Gasteiger partial charge in [-0.05, 0) is 6.07 Å². The Morgan fingerprint density at radius 1 is 1.54 bits per heavy atom. The van der Waals surface area contributed by atoms with E-state index in [4.69, 9.17) is 0 Å². The maximum absolute atomic E-state index is 11.2. The maximum Gasteiger partial charge on any atom is 0.268 e. The third-order valence-electron chi connectivity index (χ3n) is 1.79. The normalized spacial score (nSPS) is 11.7. The van der Waals surface area contributed by atoms with Gasteiger partial charge in [-0.25, -0.2) is 5.10 Å². The molecule has 0 bridgehead atoms. The van der Waals surface area contributed by atoms with E-state index in [-0.39, 0.29) is 11.0 Å². The Balaban J connectivity index is 3.22. The predicted octanol–water partition coefficient (Wildman–Crippen LogP) is 1.96. The van der Waals surface area contributed by atoms with E-state index < -0.39 is 0 Å². The van der Waals surface area contributed by atoms with Gasteiger partial charge in [0.2, 0.25) is 0 Å². The Morgan fingerprint density at radius 2 is 2.15 bits per heavy atom. The monoisotopic (exact) mass is 244 g/mol. The highest BCUT2D eigenvalue weighted by molar-refractivity contribution is 9.08. The van der Waals surface area contributed by atoms with E-state index in [1.807, 2.05) is 6.07 Å².